The molecule has 0 aliphatic carbocycles. The quantitative estimate of drug-likeness (QED) is 0.701. The fourth-order valence-corrected chi connectivity index (χ4v) is 3.67. The number of hydrogen-bond donors (Lipinski definition) is 1. The fourth-order valence-electron chi connectivity index (χ4n) is 3.19. The summed E-state index contributed by atoms with van der Waals surface area (Å²) in [7, 11) is 1.69. The van der Waals surface area contributed by atoms with Gasteiger partial charge in [-0.3, -0.25) is 4.90 Å². The predicted molar refractivity (Wildman–Crippen MR) is 98.5 cm³/mol. The summed E-state index contributed by atoms with van der Waals surface area (Å²) >= 11 is 3.56. The molecule has 130 valence electrons. The lowest BCUT2D eigenvalue weighted by Gasteiger charge is -2.23. The predicted octanol–water partition coefficient (Wildman–Crippen LogP) is 3.82. The molecular formula is C18H29BrN2O2. The van der Waals surface area contributed by atoms with Crippen molar-refractivity contribution in [3.63, 3.8) is 0 Å². The van der Waals surface area contributed by atoms with E-state index in [9.17, 15) is 0 Å². The molecule has 1 fully saturated rings. The molecule has 0 radical (unpaired) electrons. The first-order chi connectivity index (χ1) is 11.2. The number of methoxy groups -OCH3 is 1. The van der Waals surface area contributed by atoms with E-state index in [1.54, 1.807) is 7.11 Å². The third-order valence-corrected chi connectivity index (χ3v) is 4.83. The number of likely N-dealkylation sites (tertiary alicyclic amines) is 1. The number of likely N-dealkylation sites (N-methyl/N-ethyl adjacent to an activating group) is 1. The summed E-state index contributed by atoms with van der Waals surface area (Å²) in [6.45, 7) is 9.26. The van der Waals surface area contributed by atoms with Crippen molar-refractivity contribution in [1.29, 1.82) is 0 Å². The molecule has 5 heteroatoms. The smallest absolute Gasteiger partial charge is 0.165 e. The van der Waals surface area contributed by atoms with Crippen LogP contribution in [0.2, 0.25) is 0 Å². The van der Waals surface area contributed by atoms with Crippen LogP contribution >= 0.6 is 15.9 Å². The monoisotopic (exact) mass is 384 g/mol. The molecule has 23 heavy (non-hydrogen) atoms. The summed E-state index contributed by atoms with van der Waals surface area (Å²) in [6, 6.07) is 4.74. The number of rotatable bonds is 9. The molecular weight excluding hydrogens is 356 g/mol. The zero-order valence-corrected chi connectivity index (χ0v) is 16.1. The van der Waals surface area contributed by atoms with E-state index in [4.69, 9.17) is 9.47 Å². The highest BCUT2D eigenvalue weighted by molar-refractivity contribution is 9.10. The van der Waals surface area contributed by atoms with Crippen LogP contribution in [0, 0.1) is 0 Å². The summed E-state index contributed by atoms with van der Waals surface area (Å²) in [5.74, 6) is 1.66. The average molecular weight is 385 g/mol. The molecule has 1 aromatic carbocycles. The normalized spacial score (nSPS) is 18.3. The molecule has 1 atom stereocenters. The van der Waals surface area contributed by atoms with Crippen molar-refractivity contribution in [3.05, 3.63) is 22.2 Å². The van der Waals surface area contributed by atoms with Gasteiger partial charge in [-0.05, 0) is 44.5 Å². The Bertz CT molecular complexity index is 496. The van der Waals surface area contributed by atoms with E-state index in [1.807, 2.05) is 6.07 Å². The summed E-state index contributed by atoms with van der Waals surface area (Å²) in [5, 5.41) is 3.61. The van der Waals surface area contributed by atoms with Crippen LogP contribution in [-0.2, 0) is 6.54 Å². The Kier molecular flexibility index (Phi) is 7.66. The highest BCUT2D eigenvalue weighted by Crippen LogP contribution is 2.35. The van der Waals surface area contributed by atoms with Crippen LogP contribution in [0.1, 0.15) is 38.7 Å². The van der Waals surface area contributed by atoms with Crippen LogP contribution in [0.15, 0.2) is 16.6 Å². The van der Waals surface area contributed by atoms with Gasteiger partial charge in [0, 0.05) is 29.2 Å². The lowest BCUT2D eigenvalue weighted by Crippen LogP contribution is -2.37. The van der Waals surface area contributed by atoms with Gasteiger partial charge < -0.3 is 14.8 Å². The van der Waals surface area contributed by atoms with Gasteiger partial charge in [-0.25, -0.2) is 0 Å². The number of hydrogen-bond acceptors (Lipinski definition) is 4. The van der Waals surface area contributed by atoms with Crippen molar-refractivity contribution < 1.29 is 9.47 Å². The first-order valence-electron chi connectivity index (χ1n) is 8.63. The minimum absolute atomic E-state index is 0.661. The molecule has 1 aliphatic heterocycles. The van der Waals surface area contributed by atoms with Gasteiger partial charge in [-0.1, -0.05) is 29.8 Å². The van der Waals surface area contributed by atoms with Crippen molar-refractivity contribution >= 4 is 15.9 Å². The summed E-state index contributed by atoms with van der Waals surface area (Å²) in [5.41, 5.74) is 1.14. The van der Waals surface area contributed by atoms with E-state index in [-0.39, 0.29) is 0 Å². The summed E-state index contributed by atoms with van der Waals surface area (Å²) < 4.78 is 12.4. The highest BCUT2D eigenvalue weighted by atomic mass is 79.9. The Hall–Kier alpha value is -0.780. The SMILES string of the molecule is CCCOc1c(CNC[C@H]2CCCN2CC)cc(Br)cc1OC. The van der Waals surface area contributed by atoms with E-state index in [0.717, 1.165) is 47.6 Å². The van der Waals surface area contributed by atoms with Gasteiger partial charge in [-0.2, -0.15) is 0 Å². The van der Waals surface area contributed by atoms with Gasteiger partial charge in [0.2, 0.25) is 0 Å². The number of ether oxygens (including phenoxy) is 2. The van der Waals surface area contributed by atoms with E-state index in [1.165, 1.54) is 19.4 Å². The van der Waals surface area contributed by atoms with Crippen LogP contribution in [0.3, 0.4) is 0 Å². The molecule has 2 rings (SSSR count). The molecule has 0 unspecified atom stereocenters. The van der Waals surface area contributed by atoms with Crippen LogP contribution in [0.4, 0.5) is 0 Å². The van der Waals surface area contributed by atoms with Crippen LogP contribution in [0.5, 0.6) is 11.5 Å². The molecule has 0 aromatic heterocycles. The second kappa shape index (κ2) is 9.50. The molecule has 1 aromatic rings. The topological polar surface area (TPSA) is 33.7 Å². The zero-order chi connectivity index (χ0) is 16.7. The maximum atomic E-state index is 5.93. The summed E-state index contributed by atoms with van der Waals surface area (Å²) in [6.07, 6.45) is 3.59. The molecule has 0 spiro atoms. The van der Waals surface area contributed by atoms with Gasteiger partial charge in [0.05, 0.1) is 13.7 Å². The lowest BCUT2D eigenvalue weighted by atomic mass is 10.1. The highest BCUT2D eigenvalue weighted by Gasteiger charge is 2.22. The van der Waals surface area contributed by atoms with E-state index >= 15 is 0 Å². The zero-order valence-electron chi connectivity index (χ0n) is 14.5. The van der Waals surface area contributed by atoms with Gasteiger partial charge in [-0.15, -0.1) is 0 Å². The Morgan fingerprint density at radius 3 is 2.87 bits per heavy atom. The third kappa shape index (κ3) is 5.10. The second-order valence-corrected chi connectivity index (χ2v) is 6.92. The molecule has 1 aliphatic rings. The molecule has 0 amide bonds. The minimum atomic E-state index is 0.661. The van der Waals surface area contributed by atoms with E-state index in [2.05, 4.69) is 46.1 Å². The molecule has 1 saturated heterocycles. The Balaban J connectivity index is 2.01. The first-order valence-corrected chi connectivity index (χ1v) is 9.42. The average Bonchev–Trinajstić information content (AvgIpc) is 3.01. The second-order valence-electron chi connectivity index (χ2n) is 6.00. The molecule has 4 nitrogen and oxygen atoms in total. The number of benzene rings is 1. The summed E-state index contributed by atoms with van der Waals surface area (Å²) in [4.78, 5) is 2.56. The number of nitrogens with one attached hydrogen (secondary N) is 1. The van der Waals surface area contributed by atoms with Crippen molar-refractivity contribution in [2.45, 2.75) is 45.7 Å². The van der Waals surface area contributed by atoms with Crippen LogP contribution in [0.25, 0.3) is 0 Å². The van der Waals surface area contributed by atoms with Crippen molar-refractivity contribution in [2.75, 3.05) is 33.4 Å². The first kappa shape index (κ1) is 18.6. The lowest BCUT2D eigenvalue weighted by molar-refractivity contribution is 0.258. The maximum absolute atomic E-state index is 5.93. The largest absolute Gasteiger partial charge is 0.493 e. The standard InChI is InChI=1S/C18H29BrN2O2/c1-4-9-23-18-14(10-15(19)11-17(18)22-3)12-20-13-16-7-6-8-21(16)5-2/h10-11,16,20H,4-9,12-13H2,1-3H3/t16-/m1/s1. The van der Waals surface area contributed by atoms with Gasteiger partial charge >= 0.3 is 0 Å². The van der Waals surface area contributed by atoms with E-state index < -0.39 is 0 Å². The number of nitrogens with zero attached hydrogens (tertiary/aromatic N) is 1. The van der Waals surface area contributed by atoms with Gasteiger partial charge in [0.15, 0.2) is 11.5 Å². The Morgan fingerprint density at radius 2 is 2.17 bits per heavy atom. The molecule has 1 heterocycles. The third-order valence-electron chi connectivity index (χ3n) is 4.37. The number of halogens is 1. The van der Waals surface area contributed by atoms with Crippen LogP contribution in [-0.4, -0.2) is 44.3 Å². The van der Waals surface area contributed by atoms with Crippen molar-refractivity contribution in [3.8, 4) is 11.5 Å². The maximum Gasteiger partial charge on any atom is 0.165 e. The van der Waals surface area contributed by atoms with Gasteiger partial charge in [0.1, 0.15) is 0 Å². The van der Waals surface area contributed by atoms with Crippen molar-refractivity contribution in [2.24, 2.45) is 0 Å². The minimum Gasteiger partial charge on any atom is -0.493 e. The van der Waals surface area contributed by atoms with Gasteiger partial charge in [0.25, 0.3) is 0 Å². The Labute approximate surface area is 148 Å². The molecule has 0 saturated carbocycles. The van der Waals surface area contributed by atoms with E-state index in [0.29, 0.717) is 12.6 Å². The van der Waals surface area contributed by atoms with Crippen LogP contribution < -0.4 is 14.8 Å². The molecule has 1 N–H and O–H groups in total. The van der Waals surface area contributed by atoms with Crippen molar-refractivity contribution in [1.82, 2.24) is 10.2 Å². The fraction of sp³-hybridized carbons (Fsp3) is 0.667. The Morgan fingerprint density at radius 1 is 1.35 bits per heavy atom. The molecule has 0 bridgehead atoms.